The van der Waals surface area contributed by atoms with Crippen molar-refractivity contribution in [2.45, 2.75) is 6.61 Å². The topological polar surface area (TPSA) is 82.1 Å². The van der Waals surface area contributed by atoms with Gasteiger partial charge in [0.15, 0.2) is 0 Å². The smallest absolute Gasteiger partial charge is 0.102 e. The van der Waals surface area contributed by atoms with Gasteiger partial charge in [0.1, 0.15) is 6.07 Å². The standard InChI is InChI=1S/C8H9N3O/c9-4-7-6(5-12)2-1-3-8(7)11-10/h1-3,11-12H,5,10H2. The summed E-state index contributed by atoms with van der Waals surface area (Å²) < 4.78 is 0. The molecule has 0 amide bonds. The molecule has 1 aromatic rings. The van der Waals surface area contributed by atoms with Gasteiger partial charge in [-0.1, -0.05) is 12.1 Å². The van der Waals surface area contributed by atoms with Crippen molar-refractivity contribution < 1.29 is 5.11 Å². The zero-order valence-corrected chi connectivity index (χ0v) is 6.41. The van der Waals surface area contributed by atoms with Crippen molar-refractivity contribution in [3.63, 3.8) is 0 Å². The summed E-state index contributed by atoms with van der Waals surface area (Å²) in [7, 11) is 0. The van der Waals surface area contributed by atoms with E-state index in [0.29, 0.717) is 16.8 Å². The summed E-state index contributed by atoms with van der Waals surface area (Å²) in [6.07, 6.45) is 0. The minimum Gasteiger partial charge on any atom is -0.392 e. The molecule has 0 aliphatic carbocycles. The van der Waals surface area contributed by atoms with Crippen LogP contribution in [0.5, 0.6) is 0 Å². The predicted molar refractivity (Wildman–Crippen MR) is 44.9 cm³/mol. The summed E-state index contributed by atoms with van der Waals surface area (Å²) in [6.45, 7) is -0.154. The fourth-order valence-corrected chi connectivity index (χ4v) is 0.984. The van der Waals surface area contributed by atoms with Crippen LogP contribution in [0.25, 0.3) is 0 Å². The first-order valence-electron chi connectivity index (χ1n) is 3.43. The van der Waals surface area contributed by atoms with Gasteiger partial charge in [0, 0.05) is 0 Å². The number of benzene rings is 1. The molecule has 1 rings (SSSR count). The number of hydrogen-bond acceptors (Lipinski definition) is 4. The zero-order chi connectivity index (χ0) is 8.97. The van der Waals surface area contributed by atoms with Gasteiger partial charge in [-0.15, -0.1) is 0 Å². The lowest BCUT2D eigenvalue weighted by molar-refractivity contribution is 0.281. The molecule has 62 valence electrons. The quantitative estimate of drug-likeness (QED) is 0.433. The second kappa shape index (κ2) is 3.72. The monoisotopic (exact) mass is 163 g/mol. The van der Waals surface area contributed by atoms with Crippen molar-refractivity contribution in [3.8, 4) is 6.07 Å². The molecule has 0 heterocycles. The largest absolute Gasteiger partial charge is 0.392 e. The molecule has 0 atom stereocenters. The van der Waals surface area contributed by atoms with E-state index in [-0.39, 0.29) is 6.61 Å². The third-order valence-electron chi connectivity index (χ3n) is 1.59. The van der Waals surface area contributed by atoms with Crippen LogP contribution >= 0.6 is 0 Å². The average molecular weight is 163 g/mol. The Morgan fingerprint density at radius 1 is 1.58 bits per heavy atom. The van der Waals surface area contributed by atoms with Crippen molar-refractivity contribution in [1.82, 2.24) is 0 Å². The summed E-state index contributed by atoms with van der Waals surface area (Å²) >= 11 is 0. The molecule has 0 aromatic heterocycles. The Bertz CT molecular complexity index is 294. The van der Waals surface area contributed by atoms with E-state index in [2.05, 4.69) is 5.43 Å². The molecule has 0 fully saturated rings. The molecule has 4 heteroatoms. The highest BCUT2D eigenvalue weighted by Crippen LogP contribution is 2.17. The van der Waals surface area contributed by atoms with Crippen LogP contribution in [0.3, 0.4) is 0 Å². The fourth-order valence-electron chi connectivity index (χ4n) is 0.984. The number of nitrogens with two attached hydrogens (primary N) is 1. The molecule has 0 radical (unpaired) electrons. The van der Waals surface area contributed by atoms with Gasteiger partial charge in [-0.05, 0) is 11.6 Å². The number of anilines is 1. The van der Waals surface area contributed by atoms with Gasteiger partial charge in [-0.25, -0.2) is 0 Å². The SMILES string of the molecule is N#Cc1c(CO)cccc1NN. The third-order valence-corrected chi connectivity index (χ3v) is 1.59. The third kappa shape index (κ3) is 1.37. The van der Waals surface area contributed by atoms with Crippen LogP contribution in [0.2, 0.25) is 0 Å². The maximum atomic E-state index is 8.85. The summed E-state index contributed by atoms with van der Waals surface area (Å²) in [6, 6.07) is 7.05. The van der Waals surface area contributed by atoms with E-state index in [1.54, 1.807) is 18.2 Å². The van der Waals surface area contributed by atoms with Gasteiger partial charge in [-0.2, -0.15) is 5.26 Å². The summed E-state index contributed by atoms with van der Waals surface area (Å²) in [4.78, 5) is 0. The normalized spacial score (nSPS) is 9.08. The highest BCUT2D eigenvalue weighted by molar-refractivity contribution is 5.60. The molecular weight excluding hydrogens is 154 g/mol. The lowest BCUT2D eigenvalue weighted by atomic mass is 10.1. The van der Waals surface area contributed by atoms with Crippen molar-refractivity contribution in [1.29, 1.82) is 5.26 Å². The number of nitrogen functional groups attached to an aromatic ring is 1. The first-order valence-corrected chi connectivity index (χ1v) is 3.43. The molecule has 4 nitrogen and oxygen atoms in total. The van der Waals surface area contributed by atoms with Gasteiger partial charge >= 0.3 is 0 Å². The Morgan fingerprint density at radius 2 is 2.33 bits per heavy atom. The summed E-state index contributed by atoms with van der Waals surface area (Å²) in [5.41, 5.74) is 3.89. The van der Waals surface area contributed by atoms with Gasteiger partial charge in [-0.3, -0.25) is 5.84 Å². The number of rotatable bonds is 2. The van der Waals surface area contributed by atoms with E-state index in [9.17, 15) is 0 Å². The molecule has 0 aliphatic heterocycles. The minimum atomic E-state index is -0.154. The molecule has 4 N–H and O–H groups in total. The van der Waals surface area contributed by atoms with Gasteiger partial charge in [0.25, 0.3) is 0 Å². The summed E-state index contributed by atoms with van der Waals surface area (Å²) in [5, 5.41) is 17.6. The highest BCUT2D eigenvalue weighted by Gasteiger charge is 2.04. The molecule has 0 unspecified atom stereocenters. The lowest BCUT2D eigenvalue weighted by Crippen LogP contribution is -2.09. The molecule has 0 aliphatic rings. The minimum absolute atomic E-state index is 0.154. The van der Waals surface area contributed by atoms with Gasteiger partial charge < -0.3 is 10.5 Å². The molecular formula is C8H9N3O. The number of nitrogens with one attached hydrogen (secondary N) is 1. The first kappa shape index (κ1) is 8.53. The van der Waals surface area contributed by atoms with Gasteiger partial charge in [0.2, 0.25) is 0 Å². The van der Waals surface area contributed by atoms with E-state index in [1.807, 2.05) is 6.07 Å². The zero-order valence-electron chi connectivity index (χ0n) is 6.41. The van der Waals surface area contributed by atoms with Crippen LogP contribution in [0, 0.1) is 11.3 Å². The Kier molecular flexibility index (Phi) is 2.64. The van der Waals surface area contributed by atoms with Crippen LogP contribution in [0.4, 0.5) is 5.69 Å². The Hall–Kier alpha value is -1.57. The van der Waals surface area contributed by atoms with Crippen LogP contribution in [-0.2, 0) is 6.61 Å². The Balaban J connectivity index is 3.25. The van der Waals surface area contributed by atoms with E-state index >= 15 is 0 Å². The molecule has 0 saturated heterocycles. The molecule has 12 heavy (non-hydrogen) atoms. The first-order chi connectivity index (χ1) is 5.83. The lowest BCUT2D eigenvalue weighted by Gasteiger charge is -2.05. The second-order valence-corrected chi connectivity index (χ2v) is 2.25. The van der Waals surface area contributed by atoms with E-state index in [1.165, 1.54) is 0 Å². The van der Waals surface area contributed by atoms with Crippen molar-refractivity contribution in [2.75, 3.05) is 5.43 Å². The van der Waals surface area contributed by atoms with E-state index < -0.39 is 0 Å². The average Bonchev–Trinajstić information content (AvgIpc) is 2.16. The van der Waals surface area contributed by atoms with E-state index in [0.717, 1.165) is 0 Å². The van der Waals surface area contributed by atoms with Crippen molar-refractivity contribution >= 4 is 5.69 Å². The fraction of sp³-hybridized carbons (Fsp3) is 0.125. The maximum Gasteiger partial charge on any atom is 0.102 e. The number of nitrogens with zero attached hydrogens (tertiary/aromatic N) is 1. The highest BCUT2D eigenvalue weighted by atomic mass is 16.3. The second-order valence-electron chi connectivity index (χ2n) is 2.25. The Morgan fingerprint density at radius 3 is 2.83 bits per heavy atom. The number of aliphatic hydroxyl groups excluding tert-OH is 1. The van der Waals surface area contributed by atoms with Crippen LogP contribution < -0.4 is 11.3 Å². The maximum absolute atomic E-state index is 8.85. The molecule has 0 bridgehead atoms. The summed E-state index contributed by atoms with van der Waals surface area (Å²) in [5.74, 6) is 5.17. The number of nitriles is 1. The molecule has 1 aromatic carbocycles. The predicted octanol–water partition coefficient (Wildman–Crippen LogP) is 0.336. The molecule has 0 saturated carbocycles. The van der Waals surface area contributed by atoms with Gasteiger partial charge in [0.05, 0.1) is 17.9 Å². The van der Waals surface area contributed by atoms with Crippen LogP contribution in [0.15, 0.2) is 18.2 Å². The number of hydrogen-bond donors (Lipinski definition) is 3. The van der Waals surface area contributed by atoms with Crippen LogP contribution in [-0.4, -0.2) is 5.11 Å². The van der Waals surface area contributed by atoms with E-state index in [4.69, 9.17) is 16.2 Å². The Labute approximate surface area is 70.2 Å². The number of aliphatic hydroxyl groups is 1. The molecule has 0 spiro atoms. The van der Waals surface area contributed by atoms with Crippen molar-refractivity contribution in [3.05, 3.63) is 29.3 Å². The number of hydrazine groups is 1. The van der Waals surface area contributed by atoms with Crippen LogP contribution in [0.1, 0.15) is 11.1 Å². The van der Waals surface area contributed by atoms with Crippen molar-refractivity contribution in [2.24, 2.45) is 5.84 Å².